The number of hydrogen-bond donors (Lipinski definition) is 1. The van der Waals surface area contributed by atoms with E-state index in [0.717, 1.165) is 56.5 Å². The lowest BCUT2D eigenvalue weighted by atomic mass is 10.0. The molecule has 6 nitrogen and oxygen atoms in total. The van der Waals surface area contributed by atoms with Crippen LogP contribution in [0.15, 0.2) is 42.5 Å². The molecule has 172 valence electrons. The highest BCUT2D eigenvalue weighted by Gasteiger charge is 2.28. The quantitative estimate of drug-likeness (QED) is 0.383. The molecule has 1 aliphatic carbocycles. The van der Waals surface area contributed by atoms with Gasteiger partial charge in [0.1, 0.15) is 5.75 Å². The fourth-order valence-electron chi connectivity index (χ4n) is 4.52. The van der Waals surface area contributed by atoms with E-state index in [9.17, 15) is 14.7 Å². The molecular weight excluding hydrogens is 406 g/mol. The minimum absolute atomic E-state index is 0.138. The van der Waals surface area contributed by atoms with Crippen LogP contribution in [0.4, 0.5) is 0 Å². The molecule has 6 heteroatoms. The van der Waals surface area contributed by atoms with E-state index in [1.165, 1.54) is 11.1 Å². The van der Waals surface area contributed by atoms with E-state index in [1.54, 1.807) is 13.2 Å². The van der Waals surface area contributed by atoms with Crippen LogP contribution in [0.25, 0.3) is 0 Å². The van der Waals surface area contributed by atoms with Gasteiger partial charge in [0, 0.05) is 19.0 Å². The summed E-state index contributed by atoms with van der Waals surface area (Å²) in [5, 5.41) is 9.32. The summed E-state index contributed by atoms with van der Waals surface area (Å²) in [5.41, 5.74) is 3.87. The number of fused-ring (bicyclic) bond motifs is 1. The van der Waals surface area contributed by atoms with E-state index in [2.05, 4.69) is 11.0 Å². The number of rotatable bonds is 12. The van der Waals surface area contributed by atoms with Crippen LogP contribution in [0.5, 0.6) is 5.75 Å². The summed E-state index contributed by atoms with van der Waals surface area (Å²) in [7, 11) is 1.69. The molecule has 0 spiro atoms. The van der Waals surface area contributed by atoms with Crippen molar-refractivity contribution in [1.29, 1.82) is 0 Å². The first-order chi connectivity index (χ1) is 15.5. The lowest BCUT2D eigenvalue weighted by molar-refractivity contribution is -0.143. The number of esters is 1. The Bertz CT molecular complexity index is 926. The molecule has 2 aromatic carbocycles. The standard InChI is InChI=1S/C26H33NO5/c1-3-32-25(28)10-6-7-16-27(17-15-19-8-4-5-9-24(19)31-2)23-14-12-20-18-21(26(29)30)11-13-22(20)23/h4-5,8-9,11,13,18,23H,3,6-7,10,12,14-17H2,1-2H3,(H,29,30). The van der Waals surface area contributed by atoms with Crippen molar-refractivity contribution in [3.05, 3.63) is 64.7 Å². The number of nitrogens with zero attached hydrogens (tertiary/aromatic N) is 1. The van der Waals surface area contributed by atoms with E-state index in [0.29, 0.717) is 18.6 Å². The van der Waals surface area contributed by atoms with Crippen LogP contribution in [0.1, 0.15) is 65.7 Å². The van der Waals surface area contributed by atoms with Gasteiger partial charge in [0.25, 0.3) is 0 Å². The Balaban J connectivity index is 1.71. The predicted molar refractivity (Wildman–Crippen MR) is 123 cm³/mol. The van der Waals surface area contributed by atoms with Crippen molar-refractivity contribution >= 4 is 11.9 Å². The summed E-state index contributed by atoms with van der Waals surface area (Å²) in [6, 6.07) is 13.8. The van der Waals surface area contributed by atoms with Crippen LogP contribution in [-0.2, 0) is 22.4 Å². The highest BCUT2D eigenvalue weighted by atomic mass is 16.5. The Morgan fingerprint density at radius 1 is 1.12 bits per heavy atom. The molecule has 1 atom stereocenters. The van der Waals surface area contributed by atoms with Crippen LogP contribution < -0.4 is 4.74 Å². The number of methoxy groups -OCH3 is 1. The van der Waals surface area contributed by atoms with Crippen LogP contribution in [-0.4, -0.2) is 48.8 Å². The number of carbonyl (C=O) groups excluding carboxylic acids is 1. The number of aryl methyl sites for hydroxylation is 1. The van der Waals surface area contributed by atoms with Gasteiger partial charge in [-0.05, 0) is 80.5 Å². The Labute approximate surface area is 190 Å². The van der Waals surface area contributed by atoms with Crippen molar-refractivity contribution in [3.8, 4) is 5.75 Å². The first-order valence-electron chi connectivity index (χ1n) is 11.4. The van der Waals surface area contributed by atoms with Gasteiger partial charge in [0.05, 0.1) is 19.3 Å². The van der Waals surface area contributed by atoms with E-state index < -0.39 is 5.97 Å². The summed E-state index contributed by atoms with van der Waals surface area (Å²) in [6.45, 7) is 3.98. The van der Waals surface area contributed by atoms with Gasteiger partial charge in [-0.1, -0.05) is 24.3 Å². The Morgan fingerprint density at radius 3 is 2.69 bits per heavy atom. The van der Waals surface area contributed by atoms with Crippen molar-refractivity contribution in [1.82, 2.24) is 4.90 Å². The van der Waals surface area contributed by atoms with Crippen LogP contribution in [0.2, 0.25) is 0 Å². The molecule has 0 saturated carbocycles. The van der Waals surface area contributed by atoms with Gasteiger partial charge in [-0.3, -0.25) is 9.69 Å². The summed E-state index contributed by atoms with van der Waals surface area (Å²) in [5.74, 6) is -0.128. The first-order valence-corrected chi connectivity index (χ1v) is 11.4. The fraction of sp³-hybridized carbons (Fsp3) is 0.462. The zero-order chi connectivity index (χ0) is 22.9. The SMILES string of the molecule is CCOC(=O)CCCCN(CCc1ccccc1OC)C1CCc2cc(C(=O)O)ccc21. The lowest BCUT2D eigenvalue weighted by Crippen LogP contribution is -2.31. The van der Waals surface area contributed by atoms with Gasteiger partial charge in [-0.25, -0.2) is 4.79 Å². The van der Waals surface area contributed by atoms with Crippen molar-refractivity contribution in [2.24, 2.45) is 0 Å². The average molecular weight is 440 g/mol. The molecule has 2 aromatic rings. The Hall–Kier alpha value is -2.86. The minimum Gasteiger partial charge on any atom is -0.496 e. The smallest absolute Gasteiger partial charge is 0.335 e. The highest BCUT2D eigenvalue weighted by Crippen LogP contribution is 2.37. The molecular formula is C26H33NO5. The monoisotopic (exact) mass is 439 g/mol. The van der Waals surface area contributed by atoms with Crippen molar-refractivity contribution in [2.75, 3.05) is 26.8 Å². The molecule has 0 amide bonds. The molecule has 0 heterocycles. The van der Waals surface area contributed by atoms with E-state index in [1.807, 2.05) is 37.3 Å². The number of unbranched alkanes of at least 4 members (excludes halogenated alkanes) is 1. The third kappa shape index (κ3) is 6.10. The van der Waals surface area contributed by atoms with E-state index in [-0.39, 0.29) is 12.0 Å². The topological polar surface area (TPSA) is 76.1 Å². The number of carboxylic acids is 1. The molecule has 1 unspecified atom stereocenters. The predicted octanol–water partition coefficient (Wildman–Crippen LogP) is 4.66. The Morgan fingerprint density at radius 2 is 1.94 bits per heavy atom. The third-order valence-corrected chi connectivity index (χ3v) is 6.12. The molecule has 0 aromatic heterocycles. The van der Waals surface area contributed by atoms with E-state index >= 15 is 0 Å². The number of hydrogen-bond acceptors (Lipinski definition) is 5. The van der Waals surface area contributed by atoms with Crippen LogP contribution >= 0.6 is 0 Å². The molecule has 0 bridgehead atoms. The maximum atomic E-state index is 11.7. The third-order valence-electron chi connectivity index (χ3n) is 6.12. The van der Waals surface area contributed by atoms with Crippen LogP contribution in [0, 0.1) is 0 Å². The normalized spacial score (nSPS) is 14.9. The maximum Gasteiger partial charge on any atom is 0.335 e. The number of ether oxygens (including phenoxy) is 2. The first kappa shape index (κ1) is 23.8. The van der Waals surface area contributed by atoms with Gasteiger partial charge in [-0.2, -0.15) is 0 Å². The molecule has 32 heavy (non-hydrogen) atoms. The molecule has 3 rings (SSSR count). The zero-order valence-corrected chi connectivity index (χ0v) is 19.0. The van der Waals surface area contributed by atoms with Gasteiger partial charge in [-0.15, -0.1) is 0 Å². The molecule has 0 aliphatic heterocycles. The number of carbonyl (C=O) groups is 2. The van der Waals surface area contributed by atoms with Gasteiger partial charge >= 0.3 is 11.9 Å². The van der Waals surface area contributed by atoms with Crippen molar-refractivity contribution in [2.45, 2.75) is 51.5 Å². The average Bonchev–Trinajstić information content (AvgIpc) is 3.22. The summed E-state index contributed by atoms with van der Waals surface area (Å²) in [6.07, 6.45) is 4.86. The van der Waals surface area contributed by atoms with Gasteiger partial charge in [0.2, 0.25) is 0 Å². The van der Waals surface area contributed by atoms with Crippen molar-refractivity contribution < 1.29 is 24.2 Å². The number of benzene rings is 2. The van der Waals surface area contributed by atoms with Gasteiger partial charge in [0.15, 0.2) is 0 Å². The molecule has 0 radical (unpaired) electrons. The van der Waals surface area contributed by atoms with Crippen LogP contribution in [0.3, 0.4) is 0 Å². The Kier molecular flexibility index (Phi) is 8.68. The zero-order valence-electron chi connectivity index (χ0n) is 19.0. The minimum atomic E-state index is -0.886. The van der Waals surface area contributed by atoms with Crippen molar-refractivity contribution in [3.63, 3.8) is 0 Å². The molecule has 1 N–H and O–H groups in total. The molecule has 1 aliphatic rings. The molecule has 0 fully saturated rings. The summed E-state index contributed by atoms with van der Waals surface area (Å²) >= 11 is 0. The molecule has 0 saturated heterocycles. The largest absolute Gasteiger partial charge is 0.496 e. The fourth-order valence-corrected chi connectivity index (χ4v) is 4.52. The highest BCUT2D eigenvalue weighted by molar-refractivity contribution is 5.88. The number of carboxylic acid groups (broad SMARTS) is 1. The lowest BCUT2D eigenvalue weighted by Gasteiger charge is -2.30. The van der Waals surface area contributed by atoms with E-state index in [4.69, 9.17) is 9.47 Å². The van der Waals surface area contributed by atoms with Gasteiger partial charge < -0.3 is 14.6 Å². The second kappa shape index (κ2) is 11.7. The second-order valence-electron chi connectivity index (χ2n) is 8.13. The number of aromatic carboxylic acids is 1. The summed E-state index contributed by atoms with van der Waals surface area (Å²) in [4.78, 5) is 25.5. The number of para-hydroxylation sites is 1. The summed E-state index contributed by atoms with van der Waals surface area (Å²) < 4.78 is 10.6. The second-order valence-corrected chi connectivity index (χ2v) is 8.13. The maximum absolute atomic E-state index is 11.7.